The first-order valence-corrected chi connectivity index (χ1v) is 9.00. The lowest BCUT2D eigenvalue weighted by atomic mass is 10.1. The molecule has 1 N–H and O–H groups in total. The minimum Gasteiger partial charge on any atom is -0.334 e. The van der Waals surface area contributed by atoms with Gasteiger partial charge >= 0.3 is 0 Å². The topological polar surface area (TPSA) is 66.8 Å². The van der Waals surface area contributed by atoms with Crippen molar-refractivity contribution in [3.63, 3.8) is 0 Å². The number of hydrogen-bond acceptors (Lipinski definition) is 3. The fraction of sp³-hybridized carbons (Fsp3) is 0.235. The Bertz CT molecular complexity index is 950. The van der Waals surface area contributed by atoms with Crippen LogP contribution >= 0.6 is 34.8 Å². The quantitative estimate of drug-likeness (QED) is 0.669. The molecule has 136 valence electrons. The third-order valence-corrected chi connectivity index (χ3v) is 5.01. The van der Waals surface area contributed by atoms with Gasteiger partial charge in [-0.1, -0.05) is 40.9 Å². The Morgan fingerprint density at radius 1 is 1.19 bits per heavy atom. The van der Waals surface area contributed by atoms with Crippen molar-refractivity contribution in [1.29, 1.82) is 0 Å². The Hall–Kier alpha value is -2.02. The molecule has 1 aromatic carbocycles. The summed E-state index contributed by atoms with van der Waals surface area (Å²) >= 11 is 18.1. The van der Waals surface area contributed by atoms with E-state index in [9.17, 15) is 4.79 Å². The van der Waals surface area contributed by atoms with Gasteiger partial charge in [0, 0.05) is 19.2 Å². The van der Waals surface area contributed by atoms with E-state index in [-0.39, 0.29) is 5.91 Å². The molecule has 2 aromatic heterocycles. The van der Waals surface area contributed by atoms with Crippen LogP contribution in [0.3, 0.4) is 0 Å². The zero-order valence-electron chi connectivity index (χ0n) is 14.1. The number of rotatable bonds is 5. The molecule has 3 aromatic rings. The highest BCUT2D eigenvalue weighted by atomic mass is 35.5. The van der Waals surface area contributed by atoms with E-state index in [4.69, 9.17) is 34.8 Å². The van der Waals surface area contributed by atoms with Gasteiger partial charge in [-0.15, -0.1) is 0 Å². The van der Waals surface area contributed by atoms with E-state index in [1.807, 2.05) is 6.92 Å². The van der Waals surface area contributed by atoms with Crippen molar-refractivity contribution in [3.8, 4) is 11.3 Å². The summed E-state index contributed by atoms with van der Waals surface area (Å²) in [7, 11) is 1.70. The van der Waals surface area contributed by atoms with Crippen LogP contribution in [0.25, 0.3) is 11.3 Å². The standard InChI is InChI=1S/C17H16Cl3N5O/c1-3-25-16(13(20)8-21-25)9-24(2)17(26)15-7-14(22-23-15)10-4-5-11(18)12(19)6-10/h4-8H,3,9H2,1-2H3,(H,22,23). The SMILES string of the molecule is CCn1ncc(Cl)c1CN(C)C(=O)c1cc(-c2ccc(Cl)c(Cl)c2)n[nH]1. The molecule has 0 aliphatic rings. The zero-order chi connectivity index (χ0) is 18.8. The molecule has 0 saturated carbocycles. The maximum absolute atomic E-state index is 12.7. The van der Waals surface area contributed by atoms with E-state index in [1.54, 1.807) is 47.1 Å². The lowest BCUT2D eigenvalue weighted by Gasteiger charge is -2.17. The fourth-order valence-corrected chi connectivity index (χ4v) is 3.05. The molecule has 2 heterocycles. The maximum Gasteiger partial charge on any atom is 0.271 e. The monoisotopic (exact) mass is 411 g/mol. The average Bonchev–Trinajstić information content (AvgIpc) is 3.24. The van der Waals surface area contributed by atoms with E-state index in [1.165, 1.54) is 0 Å². The van der Waals surface area contributed by atoms with Gasteiger partial charge in [0.25, 0.3) is 5.91 Å². The molecule has 0 fully saturated rings. The van der Waals surface area contributed by atoms with E-state index >= 15 is 0 Å². The van der Waals surface area contributed by atoms with Crippen molar-refractivity contribution >= 4 is 40.7 Å². The number of carbonyl (C=O) groups excluding carboxylic acids is 1. The number of aromatic nitrogens is 4. The lowest BCUT2D eigenvalue weighted by Crippen LogP contribution is -2.28. The molecule has 0 aliphatic carbocycles. The molecule has 0 radical (unpaired) electrons. The normalized spacial score (nSPS) is 11.0. The summed E-state index contributed by atoms with van der Waals surface area (Å²) < 4.78 is 1.76. The van der Waals surface area contributed by atoms with Crippen LogP contribution < -0.4 is 0 Å². The predicted octanol–water partition coefficient (Wildman–Crippen LogP) is 4.53. The molecular weight excluding hydrogens is 397 g/mol. The zero-order valence-corrected chi connectivity index (χ0v) is 16.4. The van der Waals surface area contributed by atoms with Crippen LogP contribution in [-0.4, -0.2) is 37.8 Å². The number of aryl methyl sites for hydroxylation is 1. The Kier molecular flexibility index (Phi) is 5.55. The second kappa shape index (κ2) is 7.70. The van der Waals surface area contributed by atoms with Crippen LogP contribution in [0.2, 0.25) is 15.1 Å². The van der Waals surface area contributed by atoms with Gasteiger partial charge < -0.3 is 4.90 Å². The van der Waals surface area contributed by atoms with Gasteiger partial charge in [-0.05, 0) is 25.1 Å². The maximum atomic E-state index is 12.7. The molecule has 1 amide bonds. The molecule has 0 saturated heterocycles. The number of aromatic amines is 1. The fourth-order valence-electron chi connectivity index (χ4n) is 2.55. The van der Waals surface area contributed by atoms with Crippen LogP contribution in [-0.2, 0) is 13.1 Å². The molecule has 26 heavy (non-hydrogen) atoms. The largest absolute Gasteiger partial charge is 0.334 e. The van der Waals surface area contributed by atoms with Gasteiger partial charge in [0.1, 0.15) is 5.69 Å². The van der Waals surface area contributed by atoms with E-state index in [0.717, 1.165) is 11.3 Å². The Morgan fingerprint density at radius 2 is 1.96 bits per heavy atom. The minimum absolute atomic E-state index is 0.205. The summed E-state index contributed by atoms with van der Waals surface area (Å²) in [6.45, 7) is 2.98. The Balaban J connectivity index is 1.79. The first kappa shape index (κ1) is 18.8. The number of halogens is 3. The van der Waals surface area contributed by atoms with Crippen molar-refractivity contribution in [2.75, 3.05) is 7.05 Å². The van der Waals surface area contributed by atoms with Crippen LogP contribution in [0.5, 0.6) is 0 Å². The van der Waals surface area contributed by atoms with Crippen LogP contribution in [0.4, 0.5) is 0 Å². The van der Waals surface area contributed by atoms with E-state index in [0.29, 0.717) is 39.5 Å². The van der Waals surface area contributed by atoms with E-state index < -0.39 is 0 Å². The first-order valence-electron chi connectivity index (χ1n) is 7.87. The van der Waals surface area contributed by atoms with Gasteiger partial charge in [0.15, 0.2) is 0 Å². The first-order chi connectivity index (χ1) is 12.4. The molecule has 0 spiro atoms. The number of nitrogens with one attached hydrogen (secondary N) is 1. The number of H-pyrrole nitrogens is 1. The summed E-state index contributed by atoms with van der Waals surface area (Å²) in [6, 6.07) is 6.87. The summed E-state index contributed by atoms with van der Waals surface area (Å²) in [5.41, 5.74) is 2.53. The Labute approximate surface area is 165 Å². The third-order valence-electron chi connectivity index (χ3n) is 3.95. The van der Waals surface area contributed by atoms with Gasteiger partial charge in [0.05, 0.1) is 39.2 Å². The summed E-state index contributed by atoms with van der Waals surface area (Å²) in [4.78, 5) is 14.2. The number of hydrogen-bond donors (Lipinski definition) is 1. The lowest BCUT2D eigenvalue weighted by molar-refractivity contribution is 0.0775. The summed E-state index contributed by atoms with van der Waals surface area (Å²) in [5.74, 6) is -0.205. The molecule has 9 heteroatoms. The molecule has 0 bridgehead atoms. The Morgan fingerprint density at radius 3 is 2.65 bits per heavy atom. The van der Waals surface area contributed by atoms with Crippen molar-refractivity contribution in [2.24, 2.45) is 0 Å². The van der Waals surface area contributed by atoms with Gasteiger partial charge in [-0.25, -0.2) is 0 Å². The van der Waals surface area contributed by atoms with Crippen LogP contribution in [0, 0.1) is 0 Å². The van der Waals surface area contributed by atoms with Crippen molar-refractivity contribution in [3.05, 3.63) is 56.9 Å². The van der Waals surface area contributed by atoms with Crippen LogP contribution in [0.1, 0.15) is 23.1 Å². The second-order valence-corrected chi connectivity index (χ2v) is 6.93. The number of amides is 1. The number of carbonyl (C=O) groups is 1. The number of benzene rings is 1. The highest BCUT2D eigenvalue weighted by Gasteiger charge is 2.19. The van der Waals surface area contributed by atoms with Gasteiger partial charge in [0.2, 0.25) is 0 Å². The highest BCUT2D eigenvalue weighted by Crippen LogP contribution is 2.28. The average molecular weight is 413 g/mol. The predicted molar refractivity (Wildman–Crippen MR) is 103 cm³/mol. The van der Waals surface area contributed by atoms with Gasteiger partial charge in [-0.2, -0.15) is 10.2 Å². The smallest absolute Gasteiger partial charge is 0.271 e. The minimum atomic E-state index is -0.205. The van der Waals surface area contributed by atoms with E-state index in [2.05, 4.69) is 15.3 Å². The van der Waals surface area contributed by atoms with Gasteiger partial charge in [-0.3, -0.25) is 14.6 Å². The summed E-state index contributed by atoms with van der Waals surface area (Å²) in [5, 5.41) is 12.6. The molecule has 0 aliphatic heterocycles. The van der Waals surface area contributed by atoms with Crippen molar-refractivity contribution < 1.29 is 4.79 Å². The second-order valence-electron chi connectivity index (χ2n) is 5.71. The molecule has 3 rings (SSSR count). The molecule has 0 atom stereocenters. The summed E-state index contributed by atoms with van der Waals surface area (Å²) in [6.07, 6.45) is 1.58. The molecule has 6 nitrogen and oxygen atoms in total. The highest BCUT2D eigenvalue weighted by molar-refractivity contribution is 6.42. The molecular formula is C17H16Cl3N5O. The van der Waals surface area contributed by atoms with Crippen LogP contribution in [0.15, 0.2) is 30.5 Å². The van der Waals surface area contributed by atoms with Crippen molar-refractivity contribution in [1.82, 2.24) is 24.9 Å². The molecule has 0 unspecified atom stereocenters. The number of nitrogens with zero attached hydrogens (tertiary/aromatic N) is 4. The van der Waals surface area contributed by atoms with Crippen molar-refractivity contribution in [2.45, 2.75) is 20.0 Å². The third kappa shape index (κ3) is 3.72.